The van der Waals surface area contributed by atoms with Crippen LogP contribution in [0.15, 0.2) is 67.3 Å². The number of H-pyrrole nitrogens is 1. The monoisotopic (exact) mass is 471 g/mol. The summed E-state index contributed by atoms with van der Waals surface area (Å²) in [6.45, 7) is 1.27. The van der Waals surface area contributed by atoms with Crippen molar-refractivity contribution >= 4 is 39.9 Å². The Labute approximate surface area is 200 Å². The lowest BCUT2D eigenvalue weighted by molar-refractivity contribution is 0.0709. The fourth-order valence-corrected chi connectivity index (χ4v) is 4.90. The predicted octanol–water partition coefficient (Wildman–Crippen LogP) is 4.64. The molecule has 0 aliphatic carbocycles. The summed E-state index contributed by atoms with van der Waals surface area (Å²) in [4.78, 5) is 31.7. The molecule has 1 aromatic carbocycles. The Morgan fingerprint density at radius 3 is 2.88 bits per heavy atom. The Bertz CT molecular complexity index is 1490. The molecular formula is C25H22ClN7O. The minimum atomic E-state index is -0.0541. The second kappa shape index (κ2) is 8.46. The van der Waals surface area contributed by atoms with Crippen LogP contribution in [0.3, 0.4) is 0 Å². The second-order valence-electron chi connectivity index (χ2n) is 8.42. The van der Waals surface area contributed by atoms with Gasteiger partial charge in [0.15, 0.2) is 11.5 Å². The maximum Gasteiger partial charge on any atom is 0.272 e. The van der Waals surface area contributed by atoms with E-state index in [0.717, 1.165) is 29.3 Å². The molecule has 1 fully saturated rings. The van der Waals surface area contributed by atoms with Crippen LogP contribution in [0.2, 0.25) is 5.15 Å². The molecule has 34 heavy (non-hydrogen) atoms. The number of anilines is 1. The number of nitrogens with zero attached hydrogens (tertiary/aromatic N) is 5. The summed E-state index contributed by atoms with van der Waals surface area (Å²) in [6.07, 6.45) is 8.94. The van der Waals surface area contributed by atoms with Crippen molar-refractivity contribution in [1.82, 2.24) is 29.2 Å². The highest BCUT2D eigenvalue weighted by atomic mass is 35.5. The van der Waals surface area contributed by atoms with Crippen LogP contribution in [0.4, 0.5) is 5.82 Å². The van der Waals surface area contributed by atoms with Gasteiger partial charge in [0.2, 0.25) is 0 Å². The molecule has 1 amide bonds. The van der Waals surface area contributed by atoms with Gasteiger partial charge in [-0.05, 0) is 31.0 Å². The van der Waals surface area contributed by atoms with E-state index in [-0.39, 0.29) is 11.9 Å². The minimum Gasteiger partial charge on any atom is -0.362 e. The van der Waals surface area contributed by atoms with Crippen molar-refractivity contribution in [2.45, 2.75) is 18.9 Å². The SMILES string of the molecule is O=C(c1ccccn1)N1CCC[C@H](Nc2nc(-c3c[nH]c4ccccc34)c(Cl)n3ccnc23)C1. The van der Waals surface area contributed by atoms with E-state index >= 15 is 0 Å². The first kappa shape index (κ1) is 20.7. The molecule has 8 nitrogen and oxygen atoms in total. The smallest absolute Gasteiger partial charge is 0.272 e. The van der Waals surface area contributed by atoms with Crippen molar-refractivity contribution < 1.29 is 4.79 Å². The summed E-state index contributed by atoms with van der Waals surface area (Å²) in [5.41, 5.74) is 3.73. The van der Waals surface area contributed by atoms with Crippen molar-refractivity contribution in [3.63, 3.8) is 0 Å². The summed E-state index contributed by atoms with van der Waals surface area (Å²) >= 11 is 6.78. The van der Waals surface area contributed by atoms with Crippen LogP contribution < -0.4 is 5.32 Å². The molecular weight excluding hydrogens is 450 g/mol. The van der Waals surface area contributed by atoms with Crippen LogP contribution in [0, 0.1) is 0 Å². The van der Waals surface area contributed by atoms with E-state index in [1.54, 1.807) is 18.5 Å². The van der Waals surface area contributed by atoms with Crippen molar-refractivity contribution in [2.75, 3.05) is 18.4 Å². The lowest BCUT2D eigenvalue weighted by Crippen LogP contribution is -2.45. The first-order valence-corrected chi connectivity index (χ1v) is 11.6. The zero-order valence-electron chi connectivity index (χ0n) is 18.3. The molecule has 4 aromatic heterocycles. The molecule has 6 rings (SSSR count). The number of carbonyl (C=O) groups is 1. The van der Waals surface area contributed by atoms with Gasteiger partial charge in [0.05, 0.1) is 0 Å². The number of hydrogen-bond donors (Lipinski definition) is 2. The lowest BCUT2D eigenvalue weighted by Gasteiger charge is -2.33. The molecule has 0 unspecified atom stereocenters. The molecule has 1 aliphatic rings. The number of imidazole rings is 1. The van der Waals surface area contributed by atoms with E-state index in [0.29, 0.717) is 41.1 Å². The number of benzene rings is 1. The van der Waals surface area contributed by atoms with Gasteiger partial charge in [0.25, 0.3) is 5.91 Å². The number of nitrogens with one attached hydrogen (secondary N) is 2. The van der Waals surface area contributed by atoms with E-state index < -0.39 is 0 Å². The molecule has 0 spiro atoms. The first-order chi connectivity index (χ1) is 16.7. The minimum absolute atomic E-state index is 0.0337. The van der Waals surface area contributed by atoms with Gasteiger partial charge in [-0.3, -0.25) is 14.2 Å². The number of halogens is 1. The van der Waals surface area contributed by atoms with Crippen LogP contribution in [0.1, 0.15) is 23.3 Å². The number of aromatic amines is 1. The third-order valence-electron chi connectivity index (χ3n) is 6.26. The Balaban J connectivity index is 1.34. The standard InChI is InChI=1S/C25H22ClN7O/c26-22-21(18-14-29-19-8-2-1-7-17(18)19)31-23(24-28-11-13-33(22)24)30-16-6-5-12-32(15-16)25(34)20-9-3-4-10-27-20/h1-4,7-11,13-14,16,29H,5-6,12,15H2,(H,30,31)/t16-/m0/s1. The molecule has 0 radical (unpaired) electrons. The number of pyridine rings is 1. The van der Waals surface area contributed by atoms with Crippen LogP contribution in [-0.4, -0.2) is 54.3 Å². The number of carbonyl (C=O) groups excluding carboxylic acids is 1. The number of fused-ring (bicyclic) bond motifs is 2. The average molecular weight is 472 g/mol. The number of aromatic nitrogens is 5. The van der Waals surface area contributed by atoms with E-state index in [9.17, 15) is 4.79 Å². The topological polar surface area (TPSA) is 91.2 Å². The highest BCUT2D eigenvalue weighted by Gasteiger charge is 2.27. The van der Waals surface area contributed by atoms with Crippen molar-refractivity contribution in [1.29, 1.82) is 0 Å². The van der Waals surface area contributed by atoms with Gasteiger partial charge in [-0.2, -0.15) is 0 Å². The lowest BCUT2D eigenvalue weighted by atomic mass is 10.1. The van der Waals surface area contributed by atoms with Crippen LogP contribution >= 0.6 is 11.6 Å². The van der Waals surface area contributed by atoms with Gasteiger partial charge in [0, 0.05) is 60.4 Å². The Morgan fingerprint density at radius 2 is 2.00 bits per heavy atom. The Morgan fingerprint density at radius 1 is 1.12 bits per heavy atom. The summed E-state index contributed by atoms with van der Waals surface area (Å²) in [5.74, 6) is 0.591. The fraction of sp³-hybridized carbons (Fsp3) is 0.200. The zero-order valence-corrected chi connectivity index (χ0v) is 19.0. The molecule has 1 atom stereocenters. The highest BCUT2D eigenvalue weighted by molar-refractivity contribution is 6.32. The van der Waals surface area contributed by atoms with Gasteiger partial charge in [-0.15, -0.1) is 0 Å². The molecule has 0 bridgehead atoms. The number of hydrogen-bond acceptors (Lipinski definition) is 5. The van der Waals surface area contributed by atoms with Crippen LogP contribution in [0.5, 0.6) is 0 Å². The number of rotatable bonds is 4. The number of amides is 1. The Kier molecular flexibility index (Phi) is 5.15. The molecule has 1 aliphatic heterocycles. The number of piperidine rings is 1. The number of likely N-dealkylation sites (tertiary alicyclic amines) is 1. The molecule has 2 N–H and O–H groups in total. The summed E-state index contributed by atoms with van der Waals surface area (Å²) < 4.78 is 1.84. The molecule has 170 valence electrons. The molecule has 5 heterocycles. The van der Waals surface area contributed by atoms with E-state index in [2.05, 4.69) is 20.3 Å². The summed E-state index contributed by atoms with van der Waals surface area (Å²) in [7, 11) is 0. The van der Waals surface area contributed by atoms with Crippen molar-refractivity contribution in [3.05, 3.63) is 78.1 Å². The van der Waals surface area contributed by atoms with Gasteiger partial charge in [0.1, 0.15) is 16.5 Å². The highest BCUT2D eigenvalue weighted by Crippen LogP contribution is 2.34. The number of para-hydroxylation sites is 1. The predicted molar refractivity (Wildman–Crippen MR) is 132 cm³/mol. The average Bonchev–Trinajstić information content (AvgIpc) is 3.54. The van der Waals surface area contributed by atoms with Gasteiger partial charge in [-0.25, -0.2) is 9.97 Å². The summed E-state index contributed by atoms with van der Waals surface area (Å²) in [5, 5.41) is 5.09. The van der Waals surface area contributed by atoms with E-state index in [4.69, 9.17) is 16.6 Å². The summed E-state index contributed by atoms with van der Waals surface area (Å²) in [6, 6.07) is 13.5. The molecule has 0 saturated carbocycles. The molecule has 1 saturated heterocycles. The van der Waals surface area contributed by atoms with Crippen molar-refractivity contribution in [2.24, 2.45) is 0 Å². The molecule has 5 aromatic rings. The maximum atomic E-state index is 12.9. The first-order valence-electron chi connectivity index (χ1n) is 11.2. The quantitative estimate of drug-likeness (QED) is 0.398. The largest absolute Gasteiger partial charge is 0.362 e. The third kappa shape index (κ3) is 3.56. The second-order valence-corrected chi connectivity index (χ2v) is 8.78. The van der Waals surface area contributed by atoms with Gasteiger partial charge in [-0.1, -0.05) is 35.9 Å². The zero-order chi connectivity index (χ0) is 23.1. The van der Waals surface area contributed by atoms with Crippen LogP contribution in [0.25, 0.3) is 27.8 Å². The van der Waals surface area contributed by atoms with Crippen LogP contribution in [-0.2, 0) is 0 Å². The van der Waals surface area contributed by atoms with Crippen molar-refractivity contribution in [3.8, 4) is 11.3 Å². The Hall–Kier alpha value is -3.91. The normalized spacial score (nSPS) is 16.3. The van der Waals surface area contributed by atoms with E-state index in [1.807, 2.05) is 58.1 Å². The fourth-order valence-electron chi connectivity index (χ4n) is 4.62. The van der Waals surface area contributed by atoms with E-state index in [1.165, 1.54) is 0 Å². The molecule has 9 heteroatoms. The third-order valence-corrected chi connectivity index (χ3v) is 6.62. The van der Waals surface area contributed by atoms with Gasteiger partial charge >= 0.3 is 0 Å². The maximum absolute atomic E-state index is 12.9. The van der Waals surface area contributed by atoms with Gasteiger partial charge < -0.3 is 15.2 Å².